The van der Waals surface area contributed by atoms with Gasteiger partial charge in [0.15, 0.2) is 0 Å². The number of amides is 1. The number of aliphatic hydroxyl groups excluding tert-OH is 2. The third-order valence-electron chi connectivity index (χ3n) is 3.37. The Labute approximate surface area is 107 Å². The predicted octanol–water partition coefficient (Wildman–Crippen LogP) is 0.573. The summed E-state index contributed by atoms with van der Waals surface area (Å²) in [6, 6.07) is 9.87. The first-order valence-electron chi connectivity index (χ1n) is 6.34. The first-order valence-corrected chi connectivity index (χ1v) is 6.34. The highest BCUT2D eigenvalue weighted by atomic mass is 16.3. The fourth-order valence-electron chi connectivity index (χ4n) is 2.20. The summed E-state index contributed by atoms with van der Waals surface area (Å²) in [7, 11) is 0. The molecular weight excluding hydrogens is 230 g/mol. The molecule has 1 aliphatic rings. The molecule has 1 fully saturated rings. The summed E-state index contributed by atoms with van der Waals surface area (Å²) >= 11 is 0. The van der Waals surface area contributed by atoms with Crippen LogP contribution in [-0.4, -0.2) is 46.3 Å². The van der Waals surface area contributed by atoms with E-state index in [1.54, 1.807) is 4.90 Å². The van der Waals surface area contributed by atoms with Gasteiger partial charge >= 0.3 is 0 Å². The van der Waals surface area contributed by atoms with Crippen molar-refractivity contribution in [3.63, 3.8) is 0 Å². The minimum atomic E-state index is -0.806. The molecule has 0 saturated carbocycles. The molecule has 1 aromatic carbocycles. The van der Waals surface area contributed by atoms with Gasteiger partial charge in [0, 0.05) is 19.5 Å². The third kappa shape index (κ3) is 3.31. The van der Waals surface area contributed by atoms with Gasteiger partial charge in [-0.3, -0.25) is 4.79 Å². The molecule has 4 heteroatoms. The number of aryl methyl sites for hydroxylation is 1. The largest absolute Gasteiger partial charge is 0.390 e. The zero-order chi connectivity index (χ0) is 13.0. The smallest absolute Gasteiger partial charge is 0.222 e. The van der Waals surface area contributed by atoms with E-state index in [1.165, 1.54) is 0 Å². The van der Waals surface area contributed by atoms with Gasteiger partial charge in [0.2, 0.25) is 5.91 Å². The van der Waals surface area contributed by atoms with Crippen molar-refractivity contribution in [2.75, 3.05) is 13.1 Å². The predicted molar refractivity (Wildman–Crippen MR) is 68.0 cm³/mol. The Kier molecular flexibility index (Phi) is 4.33. The molecule has 1 heterocycles. The Hall–Kier alpha value is -1.39. The Bertz CT molecular complexity index is 393. The maximum absolute atomic E-state index is 12.0. The average molecular weight is 249 g/mol. The van der Waals surface area contributed by atoms with E-state index in [0.29, 0.717) is 19.4 Å². The Morgan fingerprint density at radius 1 is 1.22 bits per heavy atom. The maximum atomic E-state index is 12.0. The molecule has 18 heavy (non-hydrogen) atoms. The highest BCUT2D eigenvalue weighted by Gasteiger charge is 2.28. The lowest BCUT2D eigenvalue weighted by molar-refractivity contribution is -0.137. The summed E-state index contributed by atoms with van der Waals surface area (Å²) in [4.78, 5) is 13.6. The van der Waals surface area contributed by atoms with Gasteiger partial charge in [0.05, 0.1) is 12.2 Å². The molecule has 98 valence electrons. The molecule has 0 spiro atoms. The van der Waals surface area contributed by atoms with E-state index in [0.717, 1.165) is 12.0 Å². The fraction of sp³-hybridized carbons (Fsp3) is 0.500. The van der Waals surface area contributed by atoms with Crippen molar-refractivity contribution in [3.8, 4) is 0 Å². The second-order valence-corrected chi connectivity index (χ2v) is 4.75. The fourth-order valence-corrected chi connectivity index (χ4v) is 2.20. The van der Waals surface area contributed by atoms with Crippen LogP contribution in [-0.2, 0) is 11.2 Å². The van der Waals surface area contributed by atoms with Gasteiger partial charge in [0.1, 0.15) is 0 Å². The van der Waals surface area contributed by atoms with Crippen LogP contribution in [0.15, 0.2) is 30.3 Å². The minimum absolute atomic E-state index is 0.0461. The van der Waals surface area contributed by atoms with Crippen LogP contribution in [0.5, 0.6) is 0 Å². The van der Waals surface area contributed by atoms with E-state index < -0.39 is 12.2 Å². The molecule has 0 bridgehead atoms. The van der Waals surface area contributed by atoms with Gasteiger partial charge in [0.25, 0.3) is 0 Å². The van der Waals surface area contributed by atoms with E-state index in [-0.39, 0.29) is 12.5 Å². The van der Waals surface area contributed by atoms with Crippen LogP contribution in [0.25, 0.3) is 0 Å². The number of piperidine rings is 1. The summed E-state index contributed by atoms with van der Waals surface area (Å²) in [5, 5.41) is 18.9. The molecule has 1 saturated heterocycles. The zero-order valence-electron chi connectivity index (χ0n) is 10.3. The van der Waals surface area contributed by atoms with Crippen LogP contribution in [0.4, 0.5) is 0 Å². The van der Waals surface area contributed by atoms with Gasteiger partial charge in [-0.05, 0) is 18.4 Å². The van der Waals surface area contributed by atoms with E-state index in [4.69, 9.17) is 0 Å². The average Bonchev–Trinajstić information content (AvgIpc) is 2.40. The number of rotatable bonds is 3. The van der Waals surface area contributed by atoms with Gasteiger partial charge < -0.3 is 15.1 Å². The van der Waals surface area contributed by atoms with Gasteiger partial charge in [-0.15, -0.1) is 0 Å². The van der Waals surface area contributed by atoms with Crippen LogP contribution in [0.2, 0.25) is 0 Å². The number of carbonyl (C=O) groups is 1. The first-order chi connectivity index (χ1) is 8.66. The summed E-state index contributed by atoms with van der Waals surface area (Å²) < 4.78 is 0. The lowest BCUT2D eigenvalue weighted by Crippen LogP contribution is -2.49. The number of carbonyl (C=O) groups excluding carboxylic acids is 1. The highest BCUT2D eigenvalue weighted by Crippen LogP contribution is 2.13. The zero-order valence-corrected chi connectivity index (χ0v) is 10.3. The molecule has 0 radical (unpaired) electrons. The lowest BCUT2D eigenvalue weighted by atomic mass is 10.0. The number of benzene rings is 1. The third-order valence-corrected chi connectivity index (χ3v) is 3.37. The van der Waals surface area contributed by atoms with Crippen LogP contribution < -0.4 is 0 Å². The molecule has 2 N–H and O–H groups in total. The Morgan fingerprint density at radius 2 is 1.94 bits per heavy atom. The highest BCUT2D eigenvalue weighted by molar-refractivity contribution is 5.76. The molecule has 2 rings (SSSR count). The van der Waals surface area contributed by atoms with Crippen LogP contribution in [0.3, 0.4) is 0 Å². The van der Waals surface area contributed by atoms with E-state index in [9.17, 15) is 15.0 Å². The molecular formula is C14H19NO3. The lowest BCUT2D eigenvalue weighted by Gasteiger charge is -2.33. The molecule has 4 nitrogen and oxygen atoms in total. The number of aliphatic hydroxyl groups is 2. The molecule has 2 atom stereocenters. The van der Waals surface area contributed by atoms with Crippen LogP contribution in [0.1, 0.15) is 18.4 Å². The SMILES string of the molecule is O=C(CCc1ccccc1)N1CC[C@@H](O)[C@@H](O)C1. The van der Waals surface area contributed by atoms with Crippen molar-refractivity contribution >= 4 is 5.91 Å². The van der Waals surface area contributed by atoms with Crippen molar-refractivity contribution in [2.24, 2.45) is 0 Å². The Morgan fingerprint density at radius 3 is 2.61 bits per heavy atom. The molecule has 0 unspecified atom stereocenters. The van der Waals surface area contributed by atoms with E-state index in [1.807, 2.05) is 30.3 Å². The van der Waals surface area contributed by atoms with E-state index >= 15 is 0 Å². The number of hydrogen-bond donors (Lipinski definition) is 2. The second-order valence-electron chi connectivity index (χ2n) is 4.75. The number of β-amino-alcohol motifs (C(OH)–C–C–N with tert-alkyl or cyclic N) is 1. The molecule has 0 aliphatic carbocycles. The monoisotopic (exact) mass is 249 g/mol. The van der Waals surface area contributed by atoms with Gasteiger partial charge in [-0.2, -0.15) is 0 Å². The molecule has 1 amide bonds. The maximum Gasteiger partial charge on any atom is 0.222 e. The van der Waals surface area contributed by atoms with Crippen LogP contribution in [0, 0.1) is 0 Å². The summed E-state index contributed by atoms with van der Waals surface area (Å²) in [6.07, 6.45) is 0.127. The van der Waals surface area contributed by atoms with E-state index in [2.05, 4.69) is 0 Å². The Balaban J connectivity index is 1.82. The van der Waals surface area contributed by atoms with Crippen molar-refractivity contribution in [1.29, 1.82) is 0 Å². The first kappa shape index (κ1) is 13.1. The van der Waals surface area contributed by atoms with Crippen molar-refractivity contribution in [3.05, 3.63) is 35.9 Å². The summed E-state index contributed by atoms with van der Waals surface area (Å²) in [6.45, 7) is 0.778. The summed E-state index contributed by atoms with van der Waals surface area (Å²) in [5.41, 5.74) is 1.14. The molecule has 0 aromatic heterocycles. The molecule has 1 aliphatic heterocycles. The van der Waals surface area contributed by atoms with Crippen molar-refractivity contribution in [1.82, 2.24) is 4.90 Å². The quantitative estimate of drug-likeness (QED) is 0.823. The number of likely N-dealkylation sites (tertiary alicyclic amines) is 1. The minimum Gasteiger partial charge on any atom is -0.390 e. The number of hydrogen-bond acceptors (Lipinski definition) is 3. The normalized spacial score (nSPS) is 24.0. The van der Waals surface area contributed by atoms with Gasteiger partial charge in [-0.25, -0.2) is 0 Å². The van der Waals surface area contributed by atoms with Crippen molar-refractivity contribution < 1.29 is 15.0 Å². The molecule has 1 aromatic rings. The number of nitrogens with zero attached hydrogens (tertiary/aromatic N) is 1. The summed E-state index contributed by atoms with van der Waals surface area (Å²) in [5.74, 6) is 0.0461. The van der Waals surface area contributed by atoms with Crippen molar-refractivity contribution in [2.45, 2.75) is 31.5 Å². The van der Waals surface area contributed by atoms with Crippen LogP contribution >= 0.6 is 0 Å². The second kappa shape index (κ2) is 5.98. The van der Waals surface area contributed by atoms with Gasteiger partial charge in [-0.1, -0.05) is 30.3 Å². The standard InChI is InChI=1S/C14H19NO3/c16-12-8-9-15(10-13(12)17)14(18)7-6-11-4-2-1-3-5-11/h1-5,12-13,16-17H,6-10H2/t12-,13+/m1/s1. The topological polar surface area (TPSA) is 60.8 Å².